The van der Waals surface area contributed by atoms with Gasteiger partial charge in [0.05, 0.1) is 26.6 Å². The van der Waals surface area contributed by atoms with E-state index >= 15 is 0 Å². The fraction of sp³-hybridized carbons (Fsp3) is 0.333. The maximum absolute atomic E-state index is 11.9. The van der Waals surface area contributed by atoms with Crippen molar-refractivity contribution in [3.8, 4) is 11.5 Å². The normalized spacial score (nSPS) is 12.0. The lowest BCUT2D eigenvalue weighted by atomic mass is 10.1. The standard InChI is InChI=1S/C15H19N3O3/c1-10-6-15(19)18(9-17-10)8-13(16)12-5-4-11(20-2)7-14(12)21-3/h4-7,9,13H,8,16H2,1-3H3. The van der Waals surface area contributed by atoms with Gasteiger partial charge in [0.15, 0.2) is 0 Å². The molecule has 6 heteroatoms. The molecule has 1 atom stereocenters. The molecule has 1 unspecified atom stereocenters. The minimum absolute atomic E-state index is 0.120. The zero-order valence-electron chi connectivity index (χ0n) is 12.4. The van der Waals surface area contributed by atoms with Crippen LogP contribution in [-0.2, 0) is 6.54 Å². The molecule has 2 rings (SSSR count). The van der Waals surface area contributed by atoms with E-state index in [4.69, 9.17) is 15.2 Å². The Morgan fingerprint density at radius 3 is 2.67 bits per heavy atom. The monoisotopic (exact) mass is 289 g/mol. The highest BCUT2D eigenvalue weighted by molar-refractivity contribution is 5.42. The summed E-state index contributed by atoms with van der Waals surface area (Å²) in [4.78, 5) is 16.0. The van der Waals surface area contributed by atoms with Crippen molar-refractivity contribution in [2.75, 3.05) is 14.2 Å². The Balaban J connectivity index is 2.27. The number of hydrogen-bond acceptors (Lipinski definition) is 5. The van der Waals surface area contributed by atoms with Crippen molar-refractivity contribution >= 4 is 0 Å². The SMILES string of the molecule is COc1ccc(C(N)Cn2cnc(C)cc2=O)c(OC)c1. The van der Waals surface area contributed by atoms with Crippen molar-refractivity contribution in [1.29, 1.82) is 0 Å². The van der Waals surface area contributed by atoms with Gasteiger partial charge in [-0.2, -0.15) is 0 Å². The summed E-state index contributed by atoms with van der Waals surface area (Å²) in [6.45, 7) is 2.10. The van der Waals surface area contributed by atoms with Gasteiger partial charge in [0.1, 0.15) is 11.5 Å². The van der Waals surface area contributed by atoms with Gasteiger partial charge in [-0.05, 0) is 13.0 Å². The summed E-state index contributed by atoms with van der Waals surface area (Å²) in [7, 11) is 3.16. The van der Waals surface area contributed by atoms with Gasteiger partial charge in [0, 0.05) is 29.9 Å². The van der Waals surface area contributed by atoms with E-state index in [-0.39, 0.29) is 11.6 Å². The quantitative estimate of drug-likeness (QED) is 0.896. The number of ether oxygens (including phenoxy) is 2. The molecule has 0 aliphatic carbocycles. The van der Waals surface area contributed by atoms with Gasteiger partial charge in [0.25, 0.3) is 5.56 Å². The average Bonchev–Trinajstić information content (AvgIpc) is 2.49. The van der Waals surface area contributed by atoms with Gasteiger partial charge >= 0.3 is 0 Å². The van der Waals surface area contributed by atoms with Gasteiger partial charge in [0.2, 0.25) is 0 Å². The molecule has 0 saturated carbocycles. The van der Waals surface area contributed by atoms with Crippen LogP contribution in [0.15, 0.2) is 35.4 Å². The maximum atomic E-state index is 11.9. The van der Waals surface area contributed by atoms with Gasteiger partial charge in [-0.15, -0.1) is 0 Å². The summed E-state index contributed by atoms with van der Waals surface area (Å²) in [5, 5.41) is 0. The van der Waals surface area contributed by atoms with E-state index < -0.39 is 0 Å². The molecule has 2 N–H and O–H groups in total. The molecular weight excluding hydrogens is 270 g/mol. The topological polar surface area (TPSA) is 79.4 Å². The van der Waals surface area contributed by atoms with Crippen LogP contribution in [0.4, 0.5) is 0 Å². The lowest BCUT2D eigenvalue weighted by molar-refractivity contribution is 0.386. The van der Waals surface area contributed by atoms with Crippen molar-refractivity contribution < 1.29 is 9.47 Å². The fourth-order valence-electron chi connectivity index (χ4n) is 2.09. The number of benzene rings is 1. The Kier molecular flexibility index (Phi) is 4.59. The predicted octanol–water partition coefficient (Wildman–Crippen LogP) is 1.27. The summed E-state index contributed by atoms with van der Waals surface area (Å²) >= 11 is 0. The third kappa shape index (κ3) is 3.41. The third-order valence-corrected chi connectivity index (χ3v) is 3.25. The highest BCUT2D eigenvalue weighted by Gasteiger charge is 2.14. The Morgan fingerprint density at radius 2 is 2.05 bits per heavy atom. The van der Waals surface area contributed by atoms with Crippen molar-refractivity contribution in [3.63, 3.8) is 0 Å². The number of methoxy groups -OCH3 is 2. The van der Waals surface area contributed by atoms with E-state index in [1.807, 2.05) is 12.1 Å². The van der Waals surface area contributed by atoms with E-state index in [9.17, 15) is 4.79 Å². The van der Waals surface area contributed by atoms with Crippen molar-refractivity contribution in [3.05, 3.63) is 52.2 Å². The minimum atomic E-state index is -0.381. The summed E-state index contributed by atoms with van der Waals surface area (Å²) in [5.74, 6) is 1.33. The highest BCUT2D eigenvalue weighted by atomic mass is 16.5. The molecule has 1 aromatic heterocycles. The number of aryl methyl sites for hydroxylation is 1. The summed E-state index contributed by atoms with van der Waals surface area (Å²) < 4.78 is 12.0. The predicted molar refractivity (Wildman–Crippen MR) is 79.7 cm³/mol. The van der Waals surface area contributed by atoms with Gasteiger partial charge in [-0.3, -0.25) is 9.36 Å². The molecule has 6 nitrogen and oxygen atoms in total. The molecule has 0 radical (unpaired) electrons. The zero-order valence-corrected chi connectivity index (χ0v) is 12.4. The van der Waals surface area contributed by atoms with Crippen LogP contribution < -0.4 is 20.8 Å². The average molecular weight is 289 g/mol. The molecule has 0 aliphatic rings. The van der Waals surface area contributed by atoms with Crippen LogP contribution in [0.25, 0.3) is 0 Å². The summed E-state index contributed by atoms with van der Waals surface area (Å²) in [5.41, 5.74) is 7.57. The minimum Gasteiger partial charge on any atom is -0.497 e. The first kappa shape index (κ1) is 15.1. The first-order chi connectivity index (χ1) is 10.0. The molecule has 2 aromatic rings. The number of rotatable bonds is 5. The van der Waals surface area contributed by atoms with Gasteiger partial charge in [-0.25, -0.2) is 4.98 Å². The Morgan fingerprint density at radius 1 is 1.29 bits per heavy atom. The van der Waals surface area contributed by atoms with Crippen LogP contribution in [0, 0.1) is 6.92 Å². The van der Waals surface area contributed by atoms with Crippen molar-refractivity contribution in [1.82, 2.24) is 9.55 Å². The molecule has 1 aromatic carbocycles. The summed E-state index contributed by atoms with van der Waals surface area (Å²) in [6.07, 6.45) is 1.51. The molecular formula is C15H19N3O3. The fourth-order valence-corrected chi connectivity index (χ4v) is 2.09. The smallest absolute Gasteiger partial charge is 0.253 e. The Hall–Kier alpha value is -2.34. The van der Waals surface area contributed by atoms with Gasteiger partial charge in [-0.1, -0.05) is 6.07 Å². The maximum Gasteiger partial charge on any atom is 0.253 e. The van der Waals surface area contributed by atoms with E-state index in [0.717, 1.165) is 5.56 Å². The Labute approximate surface area is 123 Å². The molecule has 0 fully saturated rings. The number of nitrogens with two attached hydrogens (primary N) is 1. The summed E-state index contributed by atoms with van der Waals surface area (Å²) in [6, 6.07) is 6.53. The van der Waals surface area contributed by atoms with E-state index in [1.54, 1.807) is 27.2 Å². The lowest BCUT2D eigenvalue weighted by Crippen LogP contribution is -2.27. The first-order valence-electron chi connectivity index (χ1n) is 6.55. The second kappa shape index (κ2) is 6.41. The Bertz CT molecular complexity index is 682. The van der Waals surface area contributed by atoms with E-state index in [1.165, 1.54) is 17.0 Å². The number of nitrogens with zero attached hydrogens (tertiary/aromatic N) is 2. The number of hydrogen-bond donors (Lipinski definition) is 1. The van der Waals surface area contributed by atoms with Crippen LogP contribution in [0.5, 0.6) is 11.5 Å². The zero-order chi connectivity index (χ0) is 15.4. The van der Waals surface area contributed by atoms with E-state index in [0.29, 0.717) is 23.7 Å². The van der Waals surface area contributed by atoms with Crippen LogP contribution in [-0.4, -0.2) is 23.8 Å². The largest absolute Gasteiger partial charge is 0.497 e. The number of aromatic nitrogens is 2. The van der Waals surface area contributed by atoms with Crippen molar-refractivity contribution in [2.24, 2.45) is 5.73 Å². The molecule has 0 spiro atoms. The molecule has 0 bridgehead atoms. The molecule has 0 aliphatic heterocycles. The molecule has 0 amide bonds. The van der Waals surface area contributed by atoms with Crippen LogP contribution in [0.1, 0.15) is 17.3 Å². The van der Waals surface area contributed by atoms with Gasteiger partial charge < -0.3 is 15.2 Å². The third-order valence-electron chi connectivity index (χ3n) is 3.25. The highest BCUT2D eigenvalue weighted by Crippen LogP contribution is 2.28. The first-order valence-corrected chi connectivity index (χ1v) is 6.55. The van der Waals surface area contributed by atoms with Crippen molar-refractivity contribution in [2.45, 2.75) is 19.5 Å². The molecule has 112 valence electrons. The second-order valence-electron chi connectivity index (χ2n) is 4.74. The second-order valence-corrected chi connectivity index (χ2v) is 4.74. The van der Waals surface area contributed by atoms with E-state index in [2.05, 4.69) is 4.98 Å². The van der Waals surface area contributed by atoms with Crippen LogP contribution >= 0.6 is 0 Å². The lowest BCUT2D eigenvalue weighted by Gasteiger charge is -2.17. The molecule has 0 saturated heterocycles. The van der Waals surface area contributed by atoms with Crippen LogP contribution in [0.3, 0.4) is 0 Å². The molecule has 21 heavy (non-hydrogen) atoms. The van der Waals surface area contributed by atoms with Crippen LogP contribution in [0.2, 0.25) is 0 Å². The molecule has 1 heterocycles.